The molecule has 106 valence electrons. The molecule has 0 aliphatic rings. The highest BCUT2D eigenvalue weighted by Gasteiger charge is 2.31. The van der Waals surface area contributed by atoms with Gasteiger partial charge in [0.25, 0.3) is 5.95 Å². The molecule has 0 radical (unpaired) electrons. The van der Waals surface area contributed by atoms with E-state index < -0.39 is 34.3 Å². The number of aromatic nitrogens is 3. The molecular formula is C10H4ClF5N4. The van der Waals surface area contributed by atoms with E-state index in [1.165, 1.54) is 0 Å². The molecule has 0 fully saturated rings. The second kappa shape index (κ2) is 5.16. The normalized spacial score (nSPS) is 11.5. The van der Waals surface area contributed by atoms with Gasteiger partial charge in [0.15, 0.2) is 0 Å². The third kappa shape index (κ3) is 3.10. The fraction of sp³-hybridized carbons (Fsp3) is 0.100. The molecule has 2 aromatic rings. The lowest BCUT2D eigenvalue weighted by atomic mass is 10.2. The Labute approximate surface area is 113 Å². The van der Waals surface area contributed by atoms with Crippen LogP contribution in [-0.4, -0.2) is 15.2 Å². The molecular weight excluding hydrogens is 307 g/mol. The first-order valence-electron chi connectivity index (χ1n) is 4.96. The number of anilines is 2. The van der Waals surface area contributed by atoms with Gasteiger partial charge in [0, 0.05) is 12.3 Å². The number of pyridine rings is 1. The summed E-state index contributed by atoms with van der Waals surface area (Å²) < 4.78 is 63.2. The van der Waals surface area contributed by atoms with E-state index in [1.54, 1.807) is 0 Å². The molecule has 0 saturated carbocycles. The van der Waals surface area contributed by atoms with Crippen LogP contribution in [0.5, 0.6) is 0 Å². The van der Waals surface area contributed by atoms with Crippen LogP contribution < -0.4 is 5.32 Å². The van der Waals surface area contributed by atoms with E-state index in [4.69, 9.17) is 11.6 Å². The molecule has 20 heavy (non-hydrogen) atoms. The van der Waals surface area contributed by atoms with Crippen molar-refractivity contribution in [3.8, 4) is 0 Å². The monoisotopic (exact) mass is 310 g/mol. The Bertz CT molecular complexity index is 646. The maximum absolute atomic E-state index is 13.2. The Kier molecular flexibility index (Phi) is 3.71. The van der Waals surface area contributed by atoms with Crippen LogP contribution in [0.25, 0.3) is 0 Å². The molecule has 0 aliphatic carbocycles. The highest BCUT2D eigenvalue weighted by molar-refractivity contribution is 6.33. The summed E-state index contributed by atoms with van der Waals surface area (Å²) in [6, 6.07) is 1.28. The molecule has 0 aliphatic heterocycles. The predicted octanol–water partition coefficient (Wildman–Crippen LogP) is 3.57. The first-order chi connectivity index (χ1) is 9.27. The second-order valence-electron chi connectivity index (χ2n) is 3.55. The van der Waals surface area contributed by atoms with E-state index >= 15 is 0 Å². The summed E-state index contributed by atoms with van der Waals surface area (Å²) in [4.78, 5) is 3.41. The minimum absolute atomic E-state index is 0.272. The standard InChI is InChI=1S/C10H4ClF5N4/c11-5-1-4(10(14,15)16)3-17-9(5)18-6-2-7(12)19-20-8(6)13/h1-3H,(H,17,18,19). The van der Waals surface area contributed by atoms with Crippen molar-refractivity contribution in [1.82, 2.24) is 15.2 Å². The number of hydrogen-bond acceptors (Lipinski definition) is 4. The number of rotatable bonds is 2. The van der Waals surface area contributed by atoms with Crippen molar-refractivity contribution in [2.45, 2.75) is 6.18 Å². The predicted molar refractivity (Wildman–Crippen MR) is 59.5 cm³/mol. The van der Waals surface area contributed by atoms with Gasteiger partial charge in [-0.15, -0.1) is 10.2 Å². The zero-order valence-corrected chi connectivity index (χ0v) is 10.1. The average molecular weight is 311 g/mol. The van der Waals surface area contributed by atoms with Crippen LogP contribution in [0.1, 0.15) is 5.56 Å². The summed E-state index contributed by atoms with van der Waals surface area (Å²) in [6.07, 6.45) is -4.10. The molecule has 0 aromatic carbocycles. The summed E-state index contributed by atoms with van der Waals surface area (Å²) in [5.74, 6) is -2.49. The second-order valence-corrected chi connectivity index (χ2v) is 3.96. The first kappa shape index (κ1) is 14.4. The van der Waals surface area contributed by atoms with E-state index in [0.29, 0.717) is 18.3 Å². The molecule has 2 rings (SSSR count). The van der Waals surface area contributed by atoms with E-state index in [0.717, 1.165) is 0 Å². The number of halogens is 6. The Morgan fingerprint density at radius 1 is 1.10 bits per heavy atom. The Hall–Kier alpha value is -2.03. The summed E-state index contributed by atoms with van der Waals surface area (Å²) >= 11 is 5.60. The lowest BCUT2D eigenvalue weighted by molar-refractivity contribution is -0.137. The van der Waals surface area contributed by atoms with Crippen LogP contribution >= 0.6 is 11.6 Å². The van der Waals surface area contributed by atoms with Crippen molar-refractivity contribution in [2.75, 3.05) is 5.32 Å². The van der Waals surface area contributed by atoms with Crippen LogP contribution in [-0.2, 0) is 6.18 Å². The van der Waals surface area contributed by atoms with Crippen molar-refractivity contribution in [3.63, 3.8) is 0 Å². The summed E-state index contributed by atoms with van der Waals surface area (Å²) in [5, 5.41) is 7.50. The fourth-order valence-electron chi connectivity index (χ4n) is 1.25. The lowest BCUT2D eigenvalue weighted by Gasteiger charge is -2.10. The smallest absolute Gasteiger partial charge is 0.335 e. The molecule has 0 amide bonds. The third-order valence-electron chi connectivity index (χ3n) is 2.14. The van der Waals surface area contributed by atoms with Gasteiger partial charge in [-0.1, -0.05) is 11.6 Å². The maximum atomic E-state index is 13.2. The van der Waals surface area contributed by atoms with Gasteiger partial charge in [0.2, 0.25) is 5.95 Å². The van der Waals surface area contributed by atoms with Crippen molar-refractivity contribution in [1.29, 1.82) is 0 Å². The van der Waals surface area contributed by atoms with Gasteiger partial charge in [-0.25, -0.2) is 4.98 Å². The van der Waals surface area contributed by atoms with Crippen molar-refractivity contribution < 1.29 is 22.0 Å². The van der Waals surface area contributed by atoms with Crippen LogP contribution in [0.2, 0.25) is 5.02 Å². The topological polar surface area (TPSA) is 50.7 Å². The van der Waals surface area contributed by atoms with Crippen LogP contribution in [0.3, 0.4) is 0 Å². The highest BCUT2D eigenvalue weighted by Crippen LogP contribution is 2.33. The minimum Gasteiger partial charge on any atom is -0.335 e. The van der Waals surface area contributed by atoms with Gasteiger partial charge >= 0.3 is 6.18 Å². The summed E-state index contributed by atoms with van der Waals surface area (Å²) in [6.45, 7) is 0. The number of alkyl halides is 3. The van der Waals surface area contributed by atoms with Crippen LogP contribution in [0.15, 0.2) is 18.3 Å². The SMILES string of the molecule is Fc1cc(Nc2ncc(C(F)(F)F)cc2Cl)c(F)nn1. The van der Waals surface area contributed by atoms with Crippen LogP contribution in [0, 0.1) is 11.9 Å². The molecule has 0 bridgehead atoms. The number of nitrogens with zero attached hydrogens (tertiary/aromatic N) is 3. The maximum Gasteiger partial charge on any atom is 0.417 e. The van der Waals surface area contributed by atoms with E-state index in [9.17, 15) is 22.0 Å². The van der Waals surface area contributed by atoms with Gasteiger partial charge in [-0.2, -0.15) is 22.0 Å². The Balaban J connectivity index is 2.33. The molecule has 2 aromatic heterocycles. The Morgan fingerprint density at radius 2 is 1.80 bits per heavy atom. The van der Waals surface area contributed by atoms with E-state index in [2.05, 4.69) is 20.5 Å². The largest absolute Gasteiger partial charge is 0.417 e. The van der Waals surface area contributed by atoms with Crippen molar-refractivity contribution in [3.05, 3.63) is 40.8 Å². The molecule has 0 saturated heterocycles. The van der Waals surface area contributed by atoms with Gasteiger partial charge in [0.05, 0.1) is 10.6 Å². The molecule has 0 spiro atoms. The van der Waals surface area contributed by atoms with Crippen molar-refractivity contribution in [2.24, 2.45) is 0 Å². The van der Waals surface area contributed by atoms with Gasteiger partial charge in [-0.3, -0.25) is 0 Å². The number of hydrogen-bond donors (Lipinski definition) is 1. The first-order valence-corrected chi connectivity index (χ1v) is 5.33. The highest BCUT2D eigenvalue weighted by atomic mass is 35.5. The quantitative estimate of drug-likeness (QED) is 0.862. The molecule has 1 N–H and O–H groups in total. The van der Waals surface area contributed by atoms with Gasteiger partial charge in [-0.05, 0) is 6.07 Å². The van der Waals surface area contributed by atoms with Crippen molar-refractivity contribution >= 4 is 23.1 Å². The summed E-state index contributed by atoms with van der Waals surface area (Å²) in [7, 11) is 0. The van der Waals surface area contributed by atoms with Gasteiger partial charge < -0.3 is 5.32 Å². The fourth-order valence-corrected chi connectivity index (χ4v) is 1.47. The minimum atomic E-state index is -4.61. The Morgan fingerprint density at radius 3 is 2.40 bits per heavy atom. The summed E-state index contributed by atoms with van der Waals surface area (Å²) in [5.41, 5.74) is -1.51. The van der Waals surface area contributed by atoms with Crippen LogP contribution in [0.4, 0.5) is 33.5 Å². The zero-order valence-electron chi connectivity index (χ0n) is 9.34. The molecule has 0 unspecified atom stereocenters. The average Bonchev–Trinajstić information content (AvgIpc) is 2.35. The van der Waals surface area contributed by atoms with Gasteiger partial charge in [0.1, 0.15) is 11.5 Å². The molecule has 10 heteroatoms. The number of nitrogens with one attached hydrogen (secondary N) is 1. The molecule has 0 atom stereocenters. The zero-order chi connectivity index (χ0) is 14.9. The van der Waals surface area contributed by atoms with E-state index in [-0.39, 0.29) is 5.82 Å². The lowest BCUT2D eigenvalue weighted by Crippen LogP contribution is -2.07. The van der Waals surface area contributed by atoms with E-state index in [1.807, 2.05) is 0 Å². The molecule has 4 nitrogen and oxygen atoms in total. The molecule has 2 heterocycles. The third-order valence-corrected chi connectivity index (χ3v) is 2.43.